The molecule has 0 aliphatic rings. The summed E-state index contributed by atoms with van der Waals surface area (Å²) in [4.78, 5) is 88.6. The summed E-state index contributed by atoms with van der Waals surface area (Å²) in [6.45, 7) is 76.3. The minimum atomic E-state index is -0.554. The lowest BCUT2D eigenvalue weighted by Crippen LogP contribution is -2.51. The molecular formula is C100H180N8O18+8. The van der Waals surface area contributed by atoms with E-state index in [0.717, 1.165) is 232 Å². The van der Waals surface area contributed by atoms with Crippen LogP contribution in [0.4, 0.5) is 0 Å². The number of rotatable bonds is 54. The van der Waals surface area contributed by atoms with Gasteiger partial charge < -0.3 is 82.6 Å². The molecule has 2 rings (SSSR count). The number of nitrogens with zero attached hydrogens (tertiary/aromatic N) is 8. The Hall–Kier alpha value is -8.64. The zero-order valence-electron chi connectivity index (χ0n) is 84.7. The van der Waals surface area contributed by atoms with Gasteiger partial charge in [-0.1, -0.05) is 91.9 Å². The number of unbranched alkanes of at least 4 members (excludes halogenated alkanes) is 2. The Balaban J connectivity index is -0.000000327. The van der Waals surface area contributed by atoms with Crippen molar-refractivity contribution in [2.24, 2.45) is 0 Å². The molecule has 0 bridgehead atoms. The van der Waals surface area contributed by atoms with Crippen molar-refractivity contribution in [1.29, 1.82) is 0 Å². The molecule has 26 heteroatoms. The van der Waals surface area contributed by atoms with Crippen LogP contribution in [0.5, 0.6) is 0 Å². The molecule has 720 valence electrons. The topological polar surface area (TPSA) is 237 Å². The summed E-state index contributed by atoms with van der Waals surface area (Å²) in [5.41, 5.74) is 0. The first-order valence-electron chi connectivity index (χ1n) is 46.6. The summed E-state index contributed by atoms with van der Waals surface area (Å²) in [6.07, 6.45) is 24.6. The maximum absolute atomic E-state index is 11.5. The smallest absolute Gasteiger partial charge is 0.384 e. The van der Waals surface area contributed by atoms with Crippen LogP contribution in [0, 0.1) is 72.1 Å². The van der Waals surface area contributed by atoms with Gasteiger partial charge in [0, 0.05) is 35.5 Å². The molecule has 0 aliphatic carbocycles. The van der Waals surface area contributed by atoms with Gasteiger partial charge in [0.1, 0.15) is 105 Å². The highest BCUT2D eigenvalue weighted by atomic mass is 16.6. The molecule has 126 heavy (non-hydrogen) atoms. The lowest BCUT2D eigenvalue weighted by Gasteiger charge is -2.37. The number of quaternary nitrogens is 8. The fourth-order valence-electron chi connectivity index (χ4n) is 13.7. The predicted molar refractivity (Wildman–Crippen MR) is 508 cm³/mol. The minimum absolute atomic E-state index is 0.256. The van der Waals surface area contributed by atoms with Crippen LogP contribution < -0.4 is 0 Å². The van der Waals surface area contributed by atoms with Crippen LogP contribution in [0.1, 0.15) is 238 Å². The second-order valence-electron chi connectivity index (χ2n) is 32.9. The van der Waals surface area contributed by atoms with E-state index in [4.69, 9.17) is 59.6 Å². The van der Waals surface area contributed by atoms with Crippen molar-refractivity contribution in [2.45, 2.75) is 217 Å². The van der Waals surface area contributed by atoms with E-state index in [9.17, 15) is 38.4 Å². The number of furan rings is 2. The van der Waals surface area contributed by atoms with Crippen molar-refractivity contribution in [3.8, 4) is 72.1 Å². The van der Waals surface area contributed by atoms with Crippen LogP contribution in [0.15, 0.2) is 45.6 Å². The molecule has 0 aromatic carbocycles. The third-order valence-corrected chi connectivity index (χ3v) is 22.2. The van der Waals surface area contributed by atoms with Gasteiger partial charge >= 0.3 is 47.8 Å². The Morgan fingerprint density at radius 1 is 0.270 bits per heavy atom. The first-order chi connectivity index (χ1) is 59.8. The summed E-state index contributed by atoms with van der Waals surface area (Å²) in [6, 6.07) is 6.55. The van der Waals surface area contributed by atoms with E-state index >= 15 is 0 Å². The molecule has 0 saturated carbocycles. The lowest BCUT2D eigenvalue weighted by molar-refractivity contribution is -0.927. The number of carbonyl (C=O) groups is 8. The van der Waals surface area contributed by atoms with Crippen LogP contribution in [0.2, 0.25) is 0 Å². The van der Waals surface area contributed by atoms with Gasteiger partial charge in [0.05, 0.1) is 173 Å². The van der Waals surface area contributed by atoms with E-state index in [1.54, 1.807) is 52.0 Å². The largest absolute Gasteiger partial charge is 0.457 e. The quantitative estimate of drug-likeness (QED) is 0.0197. The zero-order chi connectivity index (χ0) is 97.3. The number of likely N-dealkylation sites (N-methyl/N-ethyl adjacent to an activating group) is 8. The lowest BCUT2D eigenvalue weighted by atomic mass is 10.2. The van der Waals surface area contributed by atoms with Gasteiger partial charge in [-0.3, -0.25) is 0 Å². The Morgan fingerprint density at radius 2 is 0.468 bits per heavy atom. The highest BCUT2D eigenvalue weighted by molar-refractivity contribution is 5.90. The third kappa shape index (κ3) is 67.6. The fourth-order valence-corrected chi connectivity index (χ4v) is 13.7. The van der Waals surface area contributed by atoms with Crippen LogP contribution in [0.25, 0.3) is 0 Å². The van der Waals surface area contributed by atoms with Gasteiger partial charge in [-0.25, -0.2) is 38.4 Å². The van der Waals surface area contributed by atoms with Gasteiger partial charge in [-0.05, 0) is 173 Å². The Kier molecular flexibility index (Phi) is 81.1. The molecule has 2 atom stereocenters. The third-order valence-electron chi connectivity index (χ3n) is 22.2. The average molecular weight is 1780 g/mol. The highest BCUT2D eigenvalue weighted by Crippen LogP contribution is 2.16. The molecule has 0 N–H and O–H groups in total. The number of terminal acetylenes is 2. The summed E-state index contributed by atoms with van der Waals surface area (Å²) in [5.74, 6) is 20.5. The Labute approximate surface area is 767 Å². The molecule has 2 aromatic rings. The molecule has 0 amide bonds. The zero-order valence-corrected chi connectivity index (χ0v) is 84.7. The van der Waals surface area contributed by atoms with Crippen LogP contribution in [-0.2, 0) is 66.7 Å². The molecule has 0 saturated heterocycles. The van der Waals surface area contributed by atoms with Crippen molar-refractivity contribution in [2.75, 3.05) is 265 Å². The maximum atomic E-state index is 11.5. The van der Waals surface area contributed by atoms with Crippen molar-refractivity contribution in [3.05, 3.63) is 48.3 Å². The predicted octanol–water partition coefficient (Wildman–Crippen LogP) is 14.0. The van der Waals surface area contributed by atoms with Gasteiger partial charge in [0.15, 0.2) is 0 Å². The van der Waals surface area contributed by atoms with Crippen molar-refractivity contribution in [3.63, 3.8) is 0 Å². The van der Waals surface area contributed by atoms with E-state index < -0.39 is 41.8 Å². The van der Waals surface area contributed by atoms with E-state index in [-0.39, 0.29) is 17.5 Å². The number of ether oxygens (including phenoxy) is 8. The van der Waals surface area contributed by atoms with E-state index in [1.165, 1.54) is 51.2 Å². The normalized spacial score (nSPS) is 11.6. The summed E-state index contributed by atoms with van der Waals surface area (Å²) >= 11 is 0. The number of carbonyl (C=O) groups excluding carboxylic acids is 8. The first kappa shape index (κ1) is 128. The molecule has 2 unspecified atom stereocenters. The van der Waals surface area contributed by atoms with Crippen LogP contribution in [0.3, 0.4) is 0 Å². The first-order valence-corrected chi connectivity index (χ1v) is 46.6. The average Bonchev–Trinajstić information content (AvgIpc) is 1.33. The number of esters is 8. The molecular weight excluding hydrogens is 1600 g/mol. The van der Waals surface area contributed by atoms with E-state index in [0.29, 0.717) is 52.9 Å². The van der Waals surface area contributed by atoms with E-state index in [1.807, 2.05) is 54.1 Å². The van der Waals surface area contributed by atoms with Gasteiger partial charge in [-0.2, -0.15) is 0 Å². The standard InChI is InChI=1S/C15H28NO2.2C14H26NO2.C13H22NO3.C13H24NO2.C12H22NO2.C10H16NO3.C9H16NO2/c1-5-9-12-16(8-4,11-7-3)13-14-18-15(17)10-6-2;1-5-9-11-15(8-4,10-6-2)12-13-17-14(16)7-3;1-5-9-14(16)17-13-12-15(8-4,10-6-2)11-7-3;1-4-14(5-2,6-3)9-11-17-13(15)12-8-7-10-16-12;1-5-9-14(8-4,10-6-2)11-12-16-13(15)7-3;1-5-9-12(14)15-11-10-13(6-2,7-3)8-4;1-11(2,3)6-8-14-10(12)9-5-4-7-13-9;1-5-6-9(11)12-8-7-10(2,3)4/h5,7-9,11-14H2,1-4H3;3H,5-6,8-13H2,1-2,4H3;6-8,10-13H2,1-4H3;7-8,10H,4-6,9,11H2,1-3H3;3H,5-6,8-12H2,1-2,4H3;6-8,10-11H2,1-4H3;4-5,7H,6,8H2,1-3H3;7-8H2,1-4H3/q8*+1. The second-order valence-corrected chi connectivity index (χ2v) is 32.9. The monoisotopic (exact) mass is 1780 g/mol. The number of hydrogen-bond acceptors (Lipinski definition) is 18. The second kappa shape index (κ2) is 79.7. The molecule has 0 spiro atoms. The molecule has 0 fully saturated rings. The summed E-state index contributed by atoms with van der Waals surface area (Å²) in [7, 11) is 12.3. The van der Waals surface area contributed by atoms with Gasteiger partial charge in [-0.15, -0.1) is 12.8 Å². The van der Waals surface area contributed by atoms with Crippen LogP contribution >= 0.6 is 0 Å². The molecule has 2 aromatic heterocycles. The molecule has 0 radical (unpaired) electrons. The van der Waals surface area contributed by atoms with E-state index in [2.05, 4.69) is 172 Å². The van der Waals surface area contributed by atoms with Crippen molar-refractivity contribution in [1.82, 2.24) is 0 Å². The highest BCUT2D eigenvalue weighted by Gasteiger charge is 2.29. The van der Waals surface area contributed by atoms with Gasteiger partial charge in [0.2, 0.25) is 11.5 Å². The Morgan fingerprint density at radius 3 is 0.651 bits per heavy atom. The Bertz CT molecular complexity index is 3470. The number of hydrogen-bond donors (Lipinski definition) is 0. The van der Waals surface area contributed by atoms with Crippen molar-refractivity contribution < 1.29 is 121 Å². The van der Waals surface area contributed by atoms with Gasteiger partial charge in [0.25, 0.3) is 0 Å². The molecule has 2 heterocycles. The molecule has 26 nitrogen and oxygen atoms in total. The minimum Gasteiger partial charge on any atom is -0.457 e. The fraction of sp³-hybridized carbons (Fsp3) is 0.720. The summed E-state index contributed by atoms with van der Waals surface area (Å²) < 4.78 is 57.8. The maximum Gasteiger partial charge on any atom is 0.384 e. The SMILES string of the molecule is C#CC(=O)OCC[N+](CC)(CCC)CCC.C#CC(=O)OCC[N+](CC)(CCC)CCCC.CC#CC(=O)OCC[N+](C)(C)C.CC#CC(=O)OCC[N+](CC)(CC)CC.CC#CC(=O)OCC[N+](CC)(CCC)CCC.CC#CC(=O)OCC[N+](CC)(CCC)CCCC.CC[N+](CC)(CC)CCOC(=O)c1ccco1.C[N+](C)(C)CCOC(=O)c1ccco1. The van der Waals surface area contributed by atoms with Crippen LogP contribution in [-0.4, -0.2) is 349 Å². The molecule has 0 aliphatic heterocycles. The summed E-state index contributed by atoms with van der Waals surface area (Å²) in [5, 5.41) is 0. The van der Waals surface area contributed by atoms with Crippen molar-refractivity contribution >= 4 is 47.8 Å².